The number of fused-ring (bicyclic) bond motifs is 2. The molecule has 5 heteroatoms. The molecule has 0 saturated carbocycles. The Hall–Kier alpha value is -1.46. The third-order valence-electron chi connectivity index (χ3n) is 4.39. The molecule has 4 nitrogen and oxygen atoms in total. The van der Waals surface area contributed by atoms with Crippen LogP contribution in [0, 0.1) is 0 Å². The van der Waals surface area contributed by atoms with Gasteiger partial charge in [-0.1, -0.05) is 12.1 Å². The van der Waals surface area contributed by atoms with Crippen LogP contribution in [0.3, 0.4) is 0 Å². The summed E-state index contributed by atoms with van der Waals surface area (Å²) >= 11 is -1.22. The van der Waals surface area contributed by atoms with Crippen molar-refractivity contribution in [2.45, 2.75) is 44.6 Å². The number of rotatable bonds is 0. The van der Waals surface area contributed by atoms with Crippen LogP contribution in [0.15, 0.2) is 23.5 Å². The first-order valence-electron chi connectivity index (χ1n) is 7.24. The van der Waals surface area contributed by atoms with Crippen molar-refractivity contribution in [2.24, 2.45) is 0 Å². The zero-order chi connectivity index (χ0) is 14.4. The number of hydrogen-bond donors (Lipinski definition) is 0. The van der Waals surface area contributed by atoms with Crippen LogP contribution in [0.5, 0.6) is 0 Å². The molecule has 1 unspecified atom stereocenters. The molecule has 1 aromatic rings. The third kappa shape index (κ3) is 2.34. The van der Waals surface area contributed by atoms with E-state index < -0.39 is 11.1 Å². The van der Waals surface area contributed by atoms with Gasteiger partial charge in [-0.15, -0.1) is 0 Å². The Balaban J connectivity index is 1.75. The molecule has 4 rings (SSSR count). The lowest BCUT2D eigenvalue weighted by atomic mass is 9.89. The van der Waals surface area contributed by atoms with E-state index in [1.165, 1.54) is 0 Å². The summed E-state index contributed by atoms with van der Waals surface area (Å²) in [5.74, 6) is 1.54. The molecule has 2 aliphatic heterocycles. The lowest BCUT2D eigenvalue weighted by Crippen LogP contribution is -2.14. The van der Waals surface area contributed by atoms with Crippen LogP contribution in [0.25, 0.3) is 0 Å². The van der Waals surface area contributed by atoms with E-state index in [-0.39, 0.29) is 5.78 Å². The Bertz CT molecular complexity index is 690. The predicted octanol–water partition coefficient (Wildman–Crippen LogP) is 2.46. The van der Waals surface area contributed by atoms with Gasteiger partial charge in [-0.2, -0.15) is 0 Å². The second kappa shape index (κ2) is 5.07. The predicted molar refractivity (Wildman–Crippen MR) is 77.5 cm³/mol. The van der Waals surface area contributed by atoms with Crippen LogP contribution in [-0.4, -0.2) is 9.99 Å². The normalized spacial score (nSPS) is 24.6. The van der Waals surface area contributed by atoms with E-state index in [1.54, 1.807) is 0 Å². The zero-order valence-corrected chi connectivity index (χ0v) is 12.5. The standard InChI is InChI=1S/C16H16O4S/c17-15-2-1-3-16-14(15)6-10-4-12-8-20-21(18)9-13(12)5-11(10)7-19-16/h4-5H,1-3,6-9H2. The van der Waals surface area contributed by atoms with Crippen LogP contribution >= 0.6 is 0 Å². The molecule has 2 heterocycles. The molecule has 0 spiro atoms. The summed E-state index contributed by atoms with van der Waals surface area (Å²) in [4.78, 5) is 12.1. The van der Waals surface area contributed by atoms with Gasteiger partial charge < -0.3 is 4.74 Å². The van der Waals surface area contributed by atoms with E-state index in [0.717, 1.165) is 46.4 Å². The molecular formula is C16H16O4S. The fourth-order valence-corrected chi connectivity index (χ4v) is 4.10. The first kappa shape index (κ1) is 13.2. The van der Waals surface area contributed by atoms with Crippen molar-refractivity contribution in [1.82, 2.24) is 0 Å². The summed E-state index contributed by atoms with van der Waals surface area (Å²) in [6, 6.07) is 4.18. The minimum atomic E-state index is -1.22. The lowest BCUT2D eigenvalue weighted by molar-refractivity contribution is -0.116. The zero-order valence-electron chi connectivity index (χ0n) is 11.6. The van der Waals surface area contributed by atoms with Crippen LogP contribution < -0.4 is 0 Å². The molecule has 21 heavy (non-hydrogen) atoms. The van der Waals surface area contributed by atoms with Crippen molar-refractivity contribution < 1.29 is 17.9 Å². The number of hydrogen-bond acceptors (Lipinski definition) is 4. The SMILES string of the molecule is O=C1CCCC2=C1Cc1cc3c(cc1CO2)CS(=O)OC3. The molecule has 110 valence electrons. The summed E-state index contributed by atoms with van der Waals surface area (Å²) in [6.07, 6.45) is 3.03. The first-order chi connectivity index (χ1) is 10.2. The average molecular weight is 304 g/mol. The van der Waals surface area contributed by atoms with Crippen molar-refractivity contribution >= 4 is 16.9 Å². The van der Waals surface area contributed by atoms with Gasteiger partial charge in [0.25, 0.3) is 0 Å². The smallest absolute Gasteiger partial charge is 0.162 e. The monoisotopic (exact) mass is 304 g/mol. The topological polar surface area (TPSA) is 52.6 Å². The van der Waals surface area contributed by atoms with E-state index in [2.05, 4.69) is 12.1 Å². The van der Waals surface area contributed by atoms with Gasteiger partial charge >= 0.3 is 0 Å². The molecule has 0 radical (unpaired) electrons. The quantitative estimate of drug-likeness (QED) is 0.739. The van der Waals surface area contributed by atoms with Gasteiger partial charge in [0, 0.05) is 24.8 Å². The van der Waals surface area contributed by atoms with E-state index >= 15 is 0 Å². The fourth-order valence-electron chi connectivity index (χ4n) is 3.24. The van der Waals surface area contributed by atoms with Crippen molar-refractivity contribution in [3.63, 3.8) is 0 Å². The number of carbonyl (C=O) groups is 1. The number of ketones is 1. The number of ether oxygens (including phenoxy) is 1. The second-order valence-corrected chi connectivity index (χ2v) is 6.88. The van der Waals surface area contributed by atoms with E-state index in [0.29, 0.717) is 31.8 Å². The van der Waals surface area contributed by atoms with E-state index in [4.69, 9.17) is 8.92 Å². The van der Waals surface area contributed by atoms with Gasteiger partial charge in [0.2, 0.25) is 0 Å². The van der Waals surface area contributed by atoms with Crippen molar-refractivity contribution in [1.29, 1.82) is 0 Å². The highest BCUT2D eigenvalue weighted by Crippen LogP contribution is 2.33. The molecule has 0 aromatic heterocycles. The molecular weight excluding hydrogens is 288 g/mol. The van der Waals surface area contributed by atoms with Crippen LogP contribution in [0.4, 0.5) is 0 Å². The summed E-state index contributed by atoms with van der Waals surface area (Å²) in [5.41, 5.74) is 5.26. The van der Waals surface area contributed by atoms with Crippen LogP contribution in [-0.2, 0) is 50.2 Å². The van der Waals surface area contributed by atoms with Crippen LogP contribution in [0.1, 0.15) is 41.5 Å². The first-order valence-corrected chi connectivity index (χ1v) is 8.48. The van der Waals surface area contributed by atoms with E-state index in [1.807, 2.05) is 0 Å². The van der Waals surface area contributed by atoms with Gasteiger partial charge in [0.05, 0.1) is 12.4 Å². The van der Waals surface area contributed by atoms with Crippen molar-refractivity contribution in [2.75, 3.05) is 0 Å². The van der Waals surface area contributed by atoms with Gasteiger partial charge in [0.1, 0.15) is 12.4 Å². The minimum Gasteiger partial charge on any atom is -0.493 e. The molecule has 0 N–H and O–H groups in total. The Morgan fingerprint density at radius 1 is 1.00 bits per heavy atom. The fraction of sp³-hybridized carbons (Fsp3) is 0.438. The van der Waals surface area contributed by atoms with Gasteiger partial charge in [-0.3, -0.25) is 8.98 Å². The Labute approximate surface area is 125 Å². The van der Waals surface area contributed by atoms with Crippen molar-refractivity contribution in [3.05, 3.63) is 45.7 Å². The molecule has 3 aliphatic rings. The summed E-state index contributed by atoms with van der Waals surface area (Å²) in [5, 5.41) is 0. The Kier molecular flexibility index (Phi) is 3.19. The van der Waals surface area contributed by atoms with E-state index in [9.17, 15) is 9.00 Å². The van der Waals surface area contributed by atoms with Crippen LogP contribution in [0.2, 0.25) is 0 Å². The summed E-state index contributed by atoms with van der Waals surface area (Å²) < 4.78 is 22.6. The van der Waals surface area contributed by atoms with Gasteiger partial charge in [-0.05, 0) is 28.7 Å². The van der Waals surface area contributed by atoms with Crippen molar-refractivity contribution in [3.8, 4) is 0 Å². The Morgan fingerprint density at radius 2 is 1.81 bits per heavy atom. The largest absolute Gasteiger partial charge is 0.493 e. The summed E-state index contributed by atoms with van der Waals surface area (Å²) in [7, 11) is 0. The molecule has 0 fully saturated rings. The molecule has 1 aromatic carbocycles. The van der Waals surface area contributed by atoms with Gasteiger partial charge in [0.15, 0.2) is 16.9 Å². The maximum Gasteiger partial charge on any atom is 0.162 e. The summed E-state index contributed by atoms with van der Waals surface area (Å²) in [6.45, 7) is 0.887. The number of carbonyl (C=O) groups excluding carboxylic acids is 1. The third-order valence-corrected chi connectivity index (χ3v) is 5.32. The molecule has 0 saturated heterocycles. The highest BCUT2D eigenvalue weighted by Gasteiger charge is 2.27. The second-order valence-electron chi connectivity index (χ2n) is 5.74. The highest BCUT2D eigenvalue weighted by atomic mass is 32.2. The minimum absolute atomic E-state index is 0.221. The maximum absolute atomic E-state index is 12.1. The Morgan fingerprint density at radius 3 is 2.71 bits per heavy atom. The molecule has 1 atom stereocenters. The number of benzene rings is 1. The van der Waals surface area contributed by atoms with Gasteiger partial charge in [-0.25, -0.2) is 4.21 Å². The number of allylic oxidation sites excluding steroid dienone is 2. The molecule has 0 amide bonds. The number of Topliss-reactive ketones (excluding diaryl/α,β-unsaturated/α-hetero) is 1. The average Bonchev–Trinajstić information content (AvgIpc) is 2.65. The highest BCUT2D eigenvalue weighted by molar-refractivity contribution is 7.79. The maximum atomic E-state index is 12.1. The molecule has 1 aliphatic carbocycles. The lowest BCUT2D eigenvalue weighted by Gasteiger charge is -2.18. The molecule has 0 bridgehead atoms.